The Morgan fingerprint density at radius 2 is 1.86 bits per heavy atom. The smallest absolute Gasteiger partial charge is 0.240 e. The molecule has 0 N–H and O–H groups in total. The van der Waals surface area contributed by atoms with E-state index >= 15 is 0 Å². The van der Waals surface area contributed by atoms with Gasteiger partial charge >= 0.3 is 0 Å². The summed E-state index contributed by atoms with van der Waals surface area (Å²) >= 11 is 0. The topological polar surface area (TPSA) is 63.4 Å². The molecule has 2 aromatic rings. The number of carbonyl (C=O) groups is 2. The number of rotatable bonds is 2. The second-order valence-corrected chi connectivity index (χ2v) is 6.22. The van der Waals surface area contributed by atoms with Gasteiger partial charge < -0.3 is 9.42 Å². The van der Waals surface area contributed by atoms with E-state index in [2.05, 4.69) is 5.16 Å². The maximum absolute atomic E-state index is 12.8. The second kappa shape index (κ2) is 5.23. The van der Waals surface area contributed by atoms with Crippen LogP contribution in [-0.4, -0.2) is 34.3 Å². The Kier molecular flexibility index (Phi) is 3.21. The van der Waals surface area contributed by atoms with E-state index in [1.807, 2.05) is 18.2 Å². The minimum absolute atomic E-state index is 0.0605. The van der Waals surface area contributed by atoms with Crippen molar-refractivity contribution in [1.82, 2.24) is 10.1 Å². The summed E-state index contributed by atoms with van der Waals surface area (Å²) in [6.07, 6.45) is 5.51. The van der Waals surface area contributed by atoms with Crippen LogP contribution in [0.5, 0.6) is 0 Å². The molecule has 0 spiro atoms. The maximum Gasteiger partial charge on any atom is 0.240 e. The van der Waals surface area contributed by atoms with Gasteiger partial charge in [-0.25, -0.2) is 0 Å². The van der Waals surface area contributed by atoms with Crippen molar-refractivity contribution >= 4 is 22.7 Å². The molecule has 1 aliphatic carbocycles. The minimum atomic E-state index is -0.787. The highest BCUT2D eigenvalue weighted by Gasteiger charge is 2.45. The zero-order valence-electron chi connectivity index (χ0n) is 12.3. The molecular weight excluding hydrogens is 280 g/mol. The molecule has 114 valence electrons. The Morgan fingerprint density at radius 1 is 1.09 bits per heavy atom. The lowest BCUT2D eigenvalue weighted by Gasteiger charge is -2.30. The Hall–Kier alpha value is -2.17. The zero-order chi connectivity index (χ0) is 15.1. The number of carbonyl (C=O) groups excluding carboxylic acids is 2. The molecule has 1 aliphatic heterocycles. The summed E-state index contributed by atoms with van der Waals surface area (Å²) in [5.74, 6) is -0.948. The highest BCUT2D eigenvalue weighted by atomic mass is 16.5. The average molecular weight is 298 g/mol. The number of aromatic nitrogens is 1. The summed E-state index contributed by atoms with van der Waals surface area (Å²) in [6, 6.07) is 7.59. The van der Waals surface area contributed by atoms with E-state index in [0.717, 1.165) is 31.1 Å². The highest BCUT2D eigenvalue weighted by Crippen LogP contribution is 2.34. The molecule has 1 amide bonds. The highest BCUT2D eigenvalue weighted by molar-refractivity contribution is 6.14. The molecular formula is C17H18N2O3. The number of nitrogens with zero attached hydrogens (tertiary/aromatic N) is 2. The Morgan fingerprint density at radius 3 is 2.68 bits per heavy atom. The lowest BCUT2D eigenvalue weighted by Crippen LogP contribution is -2.38. The van der Waals surface area contributed by atoms with E-state index in [-0.39, 0.29) is 24.3 Å². The van der Waals surface area contributed by atoms with Crippen LogP contribution in [-0.2, 0) is 9.59 Å². The average Bonchev–Trinajstić information content (AvgIpc) is 3.09. The lowest BCUT2D eigenvalue weighted by molar-refractivity contribution is -0.131. The third-order valence-corrected chi connectivity index (χ3v) is 4.87. The monoisotopic (exact) mass is 298 g/mol. The zero-order valence-corrected chi connectivity index (χ0v) is 12.3. The van der Waals surface area contributed by atoms with Gasteiger partial charge in [-0.05, 0) is 25.0 Å². The molecule has 1 atom stereocenters. The van der Waals surface area contributed by atoms with Crippen molar-refractivity contribution < 1.29 is 14.1 Å². The van der Waals surface area contributed by atoms with Crippen LogP contribution in [0.1, 0.15) is 43.7 Å². The van der Waals surface area contributed by atoms with Crippen molar-refractivity contribution in [2.75, 3.05) is 6.54 Å². The van der Waals surface area contributed by atoms with Crippen molar-refractivity contribution in [3.8, 4) is 0 Å². The van der Waals surface area contributed by atoms with E-state index in [9.17, 15) is 9.59 Å². The van der Waals surface area contributed by atoms with Crippen molar-refractivity contribution in [1.29, 1.82) is 0 Å². The number of benzene rings is 1. The predicted molar refractivity (Wildman–Crippen MR) is 80.3 cm³/mol. The van der Waals surface area contributed by atoms with E-state index in [1.54, 1.807) is 11.0 Å². The molecule has 1 unspecified atom stereocenters. The maximum atomic E-state index is 12.8. The first-order valence-corrected chi connectivity index (χ1v) is 7.93. The van der Waals surface area contributed by atoms with Crippen LogP contribution in [0.25, 0.3) is 11.0 Å². The Labute approximate surface area is 128 Å². The SMILES string of the molecule is O=C1CN(C2CCCCC2)C(=O)C1c1noc2ccccc12. The van der Waals surface area contributed by atoms with Gasteiger partial charge in [-0.15, -0.1) is 0 Å². The third-order valence-electron chi connectivity index (χ3n) is 4.87. The van der Waals surface area contributed by atoms with Crippen molar-refractivity contribution in [3.05, 3.63) is 30.0 Å². The van der Waals surface area contributed by atoms with Crippen LogP contribution in [0.4, 0.5) is 0 Å². The first-order chi connectivity index (χ1) is 10.8. The molecule has 0 bridgehead atoms. The molecule has 2 heterocycles. The van der Waals surface area contributed by atoms with Gasteiger partial charge in [0.1, 0.15) is 11.6 Å². The number of Topliss-reactive ketones (excluding diaryl/α,β-unsaturated/α-hetero) is 1. The molecule has 0 radical (unpaired) electrons. The van der Waals surface area contributed by atoms with Crippen LogP contribution in [0, 0.1) is 0 Å². The fraction of sp³-hybridized carbons (Fsp3) is 0.471. The fourth-order valence-electron chi connectivity index (χ4n) is 3.73. The number of hydrogen-bond acceptors (Lipinski definition) is 4. The summed E-state index contributed by atoms with van der Waals surface area (Å²) in [5, 5.41) is 4.78. The molecule has 2 aliphatic rings. The van der Waals surface area contributed by atoms with Crippen LogP contribution in [0.3, 0.4) is 0 Å². The summed E-state index contributed by atoms with van der Waals surface area (Å²) in [4.78, 5) is 27.0. The second-order valence-electron chi connectivity index (χ2n) is 6.22. The molecule has 1 aromatic heterocycles. The van der Waals surface area contributed by atoms with Gasteiger partial charge in [0.05, 0.1) is 6.54 Å². The fourth-order valence-corrected chi connectivity index (χ4v) is 3.73. The van der Waals surface area contributed by atoms with Crippen LogP contribution in [0.2, 0.25) is 0 Å². The number of hydrogen-bond donors (Lipinski definition) is 0. The van der Waals surface area contributed by atoms with Gasteiger partial charge in [0.25, 0.3) is 0 Å². The number of para-hydroxylation sites is 1. The molecule has 5 heteroatoms. The van der Waals surface area contributed by atoms with E-state index < -0.39 is 5.92 Å². The van der Waals surface area contributed by atoms with Gasteiger partial charge in [-0.3, -0.25) is 9.59 Å². The van der Waals surface area contributed by atoms with Crippen molar-refractivity contribution in [2.45, 2.75) is 44.1 Å². The van der Waals surface area contributed by atoms with Gasteiger partial charge in [-0.1, -0.05) is 36.6 Å². The van der Waals surface area contributed by atoms with Crippen LogP contribution < -0.4 is 0 Å². The number of likely N-dealkylation sites (tertiary alicyclic amines) is 1. The van der Waals surface area contributed by atoms with E-state index in [1.165, 1.54) is 6.42 Å². The first-order valence-electron chi connectivity index (χ1n) is 7.93. The molecule has 2 fully saturated rings. The van der Waals surface area contributed by atoms with Gasteiger partial charge in [0.15, 0.2) is 11.4 Å². The van der Waals surface area contributed by atoms with E-state index in [4.69, 9.17) is 4.52 Å². The van der Waals surface area contributed by atoms with Gasteiger partial charge in [0, 0.05) is 11.4 Å². The molecule has 1 aromatic carbocycles. The molecule has 5 nitrogen and oxygen atoms in total. The summed E-state index contributed by atoms with van der Waals surface area (Å²) < 4.78 is 5.27. The number of amides is 1. The number of ketones is 1. The molecule has 22 heavy (non-hydrogen) atoms. The summed E-state index contributed by atoms with van der Waals surface area (Å²) in [6.45, 7) is 0.218. The number of fused-ring (bicyclic) bond motifs is 1. The van der Waals surface area contributed by atoms with Crippen molar-refractivity contribution in [2.24, 2.45) is 0 Å². The van der Waals surface area contributed by atoms with Crippen LogP contribution in [0.15, 0.2) is 28.8 Å². The molecule has 1 saturated heterocycles. The largest absolute Gasteiger partial charge is 0.356 e. The van der Waals surface area contributed by atoms with Gasteiger partial charge in [-0.2, -0.15) is 0 Å². The van der Waals surface area contributed by atoms with Gasteiger partial charge in [0.2, 0.25) is 5.91 Å². The summed E-state index contributed by atoms with van der Waals surface area (Å²) in [5.41, 5.74) is 1.10. The standard InChI is InChI=1S/C17H18N2O3/c20-13-10-19(11-6-2-1-3-7-11)17(21)15(13)16-12-8-4-5-9-14(12)22-18-16/h4-5,8-9,11,15H,1-3,6-7,10H2. The quantitative estimate of drug-likeness (QED) is 0.800. The lowest BCUT2D eigenvalue weighted by atomic mass is 9.94. The molecule has 4 rings (SSSR count). The first kappa shape index (κ1) is 13.5. The third kappa shape index (κ3) is 2.03. The Bertz CT molecular complexity index is 730. The minimum Gasteiger partial charge on any atom is -0.356 e. The van der Waals surface area contributed by atoms with Crippen molar-refractivity contribution in [3.63, 3.8) is 0 Å². The normalized spacial score (nSPS) is 23.6. The Balaban J connectivity index is 1.67. The van der Waals surface area contributed by atoms with Crippen LogP contribution >= 0.6 is 0 Å². The molecule has 1 saturated carbocycles. The van der Waals surface area contributed by atoms with E-state index in [0.29, 0.717) is 11.3 Å². The summed E-state index contributed by atoms with van der Waals surface area (Å²) in [7, 11) is 0. The predicted octanol–water partition coefficient (Wildman–Crippen LogP) is 2.66.